The number of hydrogen-bond acceptors (Lipinski definition) is 4. The van der Waals surface area contributed by atoms with E-state index in [1.54, 1.807) is 6.33 Å². The van der Waals surface area contributed by atoms with Crippen molar-refractivity contribution in [3.05, 3.63) is 18.2 Å². The molecular weight excluding hydrogens is 164 g/mol. The Morgan fingerprint density at radius 1 is 1.31 bits per heavy atom. The third kappa shape index (κ3) is 1.13. The first-order valence-corrected chi connectivity index (χ1v) is 4.78. The molecule has 1 unspecified atom stereocenters. The lowest BCUT2D eigenvalue weighted by molar-refractivity contribution is 0.343. The summed E-state index contributed by atoms with van der Waals surface area (Å²) in [5, 5.41) is 7.59. The number of aromatic nitrogens is 3. The van der Waals surface area contributed by atoms with Crippen LogP contribution in [0.1, 0.15) is 18.0 Å². The van der Waals surface area contributed by atoms with E-state index in [4.69, 9.17) is 0 Å². The first-order valence-electron chi connectivity index (χ1n) is 4.78. The Kier molecular flexibility index (Phi) is 1.55. The van der Waals surface area contributed by atoms with Crippen molar-refractivity contribution in [1.29, 1.82) is 0 Å². The summed E-state index contributed by atoms with van der Waals surface area (Å²) in [6.07, 6.45) is 4.69. The molecule has 3 rings (SSSR count). The zero-order chi connectivity index (χ0) is 8.67. The molecule has 68 valence electrons. The predicted octanol–water partition coefficient (Wildman–Crippen LogP) is 0.291. The summed E-state index contributed by atoms with van der Waals surface area (Å²) < 4.78 is 0. The summed E-state index contributed by atoms with van der Waals surface area (Å²) >= 11 is 0. The van der Waals surface area contributed by atoms with Crippen LogP contribution >= 0.6 is 0 Å². The summed E-state index contributed by atoms with van der Waals surface area (Å²) in [4.78, 5) is 6.79. The van der Waals surface area contributed by atoms with Gasteiger partial charge in [-0.3, -0.25) is 0 Å². The van der Waals surface area contributed by atoms with Crippen LogP contribution in [0.25, 0.3) is 0 Å². The van der Waals surface area contributed by atoms with Gasteiger partial charge in [0.2, 0.25) is 0 Å². The largest absolute Gasteiger partial charge is 0.302 e. The maximum absolute atomic E-state index is 4.28. The highest BCUT2D eigenvalue weighted by molar-refractivity contribution is 5.10. The average Bonchev–Trinajstić information content (AvgIpc) is 2.80. The van der Waals surface area contributed by atoms with E-state index < -0.39 is 0 Å². The average molecular weight is 176 g/mol. The van der Waals surface area contributed by atoms with Crippen LogP contribution in [0.4, 0.5) is 0 Å². The van der Waals surface area contributed by atoms with Gasteiger partial charge in [-0.15, -0.1) is 5.10 Å². The Morgan fingerprint density at radius 2 is 2.31 bits per heavy atom. The van der Waals surface area contributed by atoms with Crippen LogP contribution in [-0.4, -0.2) is 39.7 Å². The second kappa shape index (κ2) is 2.73. The van der Waals surface area contributed by atoms with Crippen LogP contribution in [-0.2, 0) is 0 Å². The van der Waals surface area contributed by atoms with Crippen LogP contribution in [0.2, 0.25) is 0 Å². The molecule has 3 atom stereocenters. The third-order valence-electron chi connectivity index (χ3n) is 3.23. The molecule has 0 radical (unpaired) electrons. The van der Waals surface area contributed by atoms with Gasteiger partial charge in [-0.2, -0.15) is 5.10 Å². The molecule has 0 amide bonds. The van der Waals surface area contributed by atoms with Crippen molar-refractivity contribution in [3.8, 4) is 0 Å². The fraction of sp³-hybridized carbons (Fsp3) is 0.667. The quantitative estimate of drug-likeness (QED) is 0.616. The van der Waals surface area contributed by atoms with E-state index in [2.05, 4.69) is 20.1 Å². The summed E-state index contributed by atoms with van der Waals surface area (Å²) in [5.74, 6) is 1.43. The van der Waals surface area contributed by atoms with Crippen molar-refractivity contribution >= 4 is 0 Å². The van der Waals surface area contributed by atoms with Crippen molar-refractivity contribution in [3.63, 3.8) is 0 Å². The van der Waals surface area contributed by atoms with E-state index in [0.29, 0.717) is 5.92 Å². The predicted molar refractivity (Wildman–Crippen MR) is 47.1 cm³/mol. The third-order valence-corrected chi connectivity index (χ3v) is 3.23. The van der Waals surface area contributed by atoms with E-state index in [0.717, 1.165) is 11.6 Å². The lowest BCUT2D eigenvalue weighted by atomic mass is 9.90. The molecule has 2 aliphatic heterocycles. The van der Waals surface area contributed by atoms with Gasteiger partial charge in [0.15, 0.2) is 0 Å². The van der Waals surface area contributed by atoms with E-state index in [1.165, 1.54) is 26.1 Å². The Balaban J connectivity index is 1.87. The summed E-state index contributed by atoms with van der Waals surface area (Å²) in [5.41, 5.74) is 1.13. The minimum Gasteiger partial charge on any atom is -0.302 e. The normalized spacial score (nSPS) is 36.8. The molecule has 1 aromatic heterocycles. The highest BCUT2D eigenvalue weighted by Gasteiger charge is 2.39. The molecule has 4 nitrogen and oxygen atoms in total. The number of hydrogen-bond donors (Lipinski definition) is 0. The number of fused-ring (bicyclic) bond motifs is 2. The second-order valence-electron chi connectivity index (χ2n) is 3.94. The van der Waals surface area contributed by atoms with Crippen molar-refractivity contribution in [1.82, 2.24) is 20.1 Å². The first kappa shape index (κ1) is 7.38. The van der Waals surface area contributed by atoms with Gasteiger partial charge in [-0.25, -0.2) is 4.98 Å². The van der Waals surface area contributed by atoms with Crippen LogP contribution in [0.3, 0.4) is 0 Å². The maximum Gasteiger partial charge on any atom is 0.138 e. The Morgan fingerprint density at radius 3 is 2.92 bits per heavy atom. The molecule has 3 heterocycles. The lowest BCUT2D eigenvalue weighted by Gasteiger charge is -2.20. The monoisotopic (exact) mass is 176 g/mol. The number of nitrogens with zero attached hydrogens (tertiary/aromatic N) is 4. The van der Waals surface area contributed by atoms with Gasteiger partial charge in [-0.1, -0.05) is 0 Å². The number of piperidine rings is 1. The van der Waals surface area contributed by atoms with Crippen LogP contribution in [0, 0.1) is 5.92 Å². The van der Waals surface area contributed by atoms with E-state index in [1.807, 2.05) is 6.20 Å². The van der Waals surface area contributed by atoms with E-state index >= 15 is 0 Å². The van der Waals surface area contributed by atoms with Crippen molar-refractivity contribution in [2.75, 3.05) is 19.6 Å². The molecule has 0 aromatic carbocycles. The minimum absolute atomic E-state index is 0.615. The minimum atomic E-state index is 0.615. The fourth-order valence-corrected chi connectivity index (χ4v) is 2.56. The molecule has 2 saturated heterocycles. The van der Waals surface area contributed by atoms with E-state index in [9.17, 15) is 0 Å². The molecular formula is C9H12N4. The molecule has 0 spiro atoms. The molecule has 2 bridgehead atoms. The highest BCUT2D eigenvalue weighted by Crippen LogP contribution is 2.38. The van der Waals surface area contributed by atoms with Crippen molar-refractivity contribution in [2.45, 2.75) is 12.3 Å². The zero-order valence-electron chi connectivity index (χ0n) is 7.43. The van der Waals surface area contributed by atoms with Gasteiger partial charge in [0.05, 0.1) is 11.9 Å². The summed E-state index contributed by atoms with van der Waals surface area (Å²) in [6.45, 7) is 3.71. The first-order chi connectivity index (χ1) is 6.43. The molecule has 0 aliphatic carbocycles. The number of rotatable bonds is 1. The molecule has 1 aromatic rings. The van der Waals surface area contributed by atoms with Crippen molar-refractivity contribution < 1.29 is 0 Å². The van der Waals surface area contributed by atoms with Crippen LogP contribution in [0.5, 0.6) is 0 Å². The fourth-order valence-electron chi connectivity index (χ4n) is 2.56. The molecule has 13 heavy (non-hydrogen) atoms. The lowest BCUT2D eigenvalue weighted by Crippen LogP contribution is -2.22. The van der Waals surface area contributed by atoms with Gasteiger partial charge in [0.1, 0.15) is 6.33 Å². The Bertz CT molecular complexity index is 300. The maximum atomic E-state index is 4.28. The van der Waals surface area contributed by atoms with Crippen LogP contribution in [0.15, 0.2) is 12.5 Å². The second-order valence-corrected chi connectivity index (χ2v) is 3.94. The molecule has 4 heteroatoms. The summed E-state index contributed by atoms with van der Waals surface area (Å²) in [6, 6.07) is 0. The van der Waals surface area contributed by atoms with Gasteiger partial charge in [0.25, 0.3) is 0 Å². The highest BCUT2D eigenvalue weighted by atomic mass is 15.2. The van der Waals surface area contributed by atoms with Gasteiger partial charge >= 0.3 is 0 Å². The molecule has 2 aliphatic rings. The van der Waals surface area contributed by atoms with Gasteiger partial charge in [0, 0.05) is 19.0 Å². The Labute approximate surface area is 77.0 Å². The SMILES string of the molecule is c1nncc([C@H]2CN3CC[C@H]2C3)n1. The molecule has 2 fully saturated rings. The van der Waals surface area contributed by atoms with E-state index in [-0.39, 0.29) is 0 Å². The smallest absolute Gasteiger partial charge is 0.138 e. The zero-order valence-corrected chi connectivity index (χ0v) is 7.43. The standard InChI is InChI=1S/C9H12N4/c1-2-13-4-7(1)8(5-13)9-3-11-12-6-10-9/h3,6-8H,1-2,4-5H2/t7-,8-/m0/s1. The molecule has 0 saturated carbocycles. The van der Waals surface area contributed by atoms with Gasteiger partial charge < -0.3 is 4.90 Å². The topological polar surface area (TPSA) is 41.9 Å². The summed E-state index contributed by atoms with van der Waals surface area (Å²) in [7, 11) is 0. The van der Waals surface area contributed by atoms with Crippen molar-refractivity contribution in [2.24, 2.45) is 5.92 Å². The van der Waals surface area contributed by atoms with Gasteiger partial charge in [-0.05, 0) is 18.9 Å². The Hall–Kier alpha value is -1.03. The van der Waals surface area contributed by atoms with Crippen LogP contribution < -0.4 is 0 Å². The molecule has 0 N–H and O–H groups in total.